The third-order valence-corrected chi connectivity index (χ3v) is 7.34. The van der Waals surface area contributed by atoms with Gasteiger partial charge in [-0.05, 0) is 42.0 Å². The second-order valence-electron chi connectivity index (χ2n) is 8.07. The molecule has 198 valence electrons. The van der Waals surface area contributed by atoms with E-state index in [1.165, 1.54) is 4.90 Å². The molecule has 0 aliphatic carbocycles. The van der Waals surface area contributed by atoms with E-state index in [0.29, 0.717) is 13.0 Å². The monoisotopic (exact) mass is 529 g/mol. The third kappa shape index (κ3) is 7.93. The summed E-state index contributed by atoms with van der Waals surface area (Å²) in [5.74, 6) is -0.267. The Morgan fingerprint density at radius 3 is 2.03 bits per heavy atom. The van der Waals surface area contributed by atoms with Crippen molar-refractivity contribution < 1.29 is 31.2 Å². The van der Waals surface area contributed by atoms with Gasteiger partial charge in [-0.3, -0.25) is 9.59 Å². The Hall–Kier alpha value is -3.16. The van der Waals surface area contributed by atoms with E-state index in [9.17, 15) is 31.2 Å². The number of alkyl halides is 3. The van der Waals surface area contributed by atoms with Crippen LogP contribution in [0.25, 0.3) is 0 Å². The van der Waals surface area contributed by atoms with Crippen molar-refractivity contribution in [1.29, 1.82) is 0 Å². The zero-order valence-electron chi connectivity index (χ0n) is 20.0. The summed E-state index contributed by atoms with van der Waals surface area (Å²) in [5.41, 5.74) is 6.61. The topological polar surface area (TPSA) is 116 Å². The largest absolute Gasteiger partial charge is 0.416 e. The van der Waals surface area contributed by atoms with Gasteiger partial charge in [0.15, 0.2) is 0 Å². The van der Waals surface area contributed by atoms with Gasteiger partial charge in [0, 0.05) is 52.5 Å². The number of nitrogens with zero attached hydrogens (tertiary/aromatic N) is 3. The van der Waals surface area contributed by atoms with Gasteiger partial charge in [-0.1, -0.05) is 12.1 Å². The van der Waals surface area contributed by atoms with E-state index in [-0.39, 0.29) is 43.5 Å². The van der Waals surface area contributed by atoms with Crippen LogP contribution in [0.2, 0.25) is 0 Å². The lowest BCUT2D eigenvalue weighted by Crippen LogP contribution is -2.51. The predicted molar refractivity (Wildman–Crippen MR) is 130 cm³/mol. The smallest absolute Gasteiger partial charge is 0.378 e. The second kappa shape index (κ2) is 12.7. The molecule has 0 unspecified atom stereocenters. The molecular formula is C23H30F3N5O4S. The van der Waals surface area contributed by atoms with Crippen LogP contribution >= 0.6 is 0 Å². The lowest BCUT2D eigenvalue weighted by molar-refractivity contribution is -0.137. The summed E-state index contributed by atoms with van der Waals surface area (Å²) >= 11 is 0. The van der Waals surface area contributed by atoms with E-state index in [0.717, 1.165) is 39.8 Å². The first-order valence-corrected chi connectivity index (χ1v) is 12.4. The number of rotatable bonds is 7. The van der Waals surface area contributed by atoms with Gasteiger partial charge in [0.25, 0.3) is 0 Å². The normalized spacial score (nSPS) is 14.4. The second-order valence-corrected chi connectivity index (χ2v) is 10.0. The number of hydrogen-bond donors (Lipinski definition) is 2. The number of nitrogens with one attached hydrogen (secondary N) is 1. The Labute approximate surface area is 208 Å². The highest BCUT2D eigenvalue weighted by molar-refractivity contribution is 7.89. The summed E-state index contributed by atoms with van der Waals surface area (Å²) in [6, 6.07) is 11.4. The summed E-state index contributed by atoms with van der Waals surface area (Å²) < 4.78 is 63.5. The first-order chi connectivity index (χ1) is 16.9. The Morgan fingerprint density at radius 2 is 1.58 bits per heavy atom. The van der Waals surface area contributed by atoms with Crippen LogP contribution in [0.3, 0.4) is 0 Å². The van der Waals surface area contributed by atoms with Crippen LogP contribution in [0, 0.1) is 0 Å². The number of carbonyl (C=O) groups is 2. The number of halogens is 3. The first-order valence-electron chi connectivity index (χ1n) is 11.0. The molecule has 36 heavy (non-hydrogen) atoms. The lowest BCUT2D eigenvalue weighted by atomic mass is 10.2. The van der Waals surface area contributed by atoms with Gasteiger partial charge >= 0.3 is 6.18 Å². The van der Waals surface area contributed by atoms with Crippen molar-refractivity contribution in [2.45, 2.75) is 17.6 Å². The van der Waals surface area contributed by atoms with Crippen molar-refractivity contribution in [3.8, 4) is 0 Å². The van der Waals surface area contributed by atoms with Gasteiger partial charge in [0.2, 0.25) is 22.3 Å². The maximum Gasteiger partial charge on any atom is 0.416 e. The van der Waals surface area contributed by atoms with E-state index in [1.54, 1.807) is 0 Å². The number of benzene rings is 2. The van der Waals surface area contributed by atoms with E-state index in [4.69, 9.17) is 5.73 Å². The first kappa shape index (κ1) is 29.1. The Balaban J connectivity index is 0.000000297. The quantitative estimate of drug-likeness (QED) is 0.526. The van der Waals surface area contributed by atoms with Crippen LogP contribution in [0.5, 0.6) is 0 Å². The highest BCUT2D eigenvalue weighted by Crippen LogP contribution is 2.30. The predicted octanol–water partition coefficient (Wildman–Crippen LogP) is 1.50. The van der Waals surface area contributed by atoms with Crippen LogP contribution in [0.4, 0.5) is 18.9 Å². The molecule has 3 N–H and O–H groups in total. The summed E-state index contributed by atoms with van der Waals surface area (Å²) in [5, 5.41) is 2.62. The summed E-state index contributed by atoms with van der Waals surface area (Å²) in [4.78, 5) is 24.8. The number of hydrogen-bond acceptors (Lipinski definition) is 6. The van der Waals surface area contributed by atoms with E-state index in [1.807, 2.05) is 43.3 Å². The molecule has 1 aliphatic heterocycles. The minimum absolute atomic E-state index is 0.0785. The van der Waals surface area contributed by atoms with Gasteiger partial charge < -0.3 is 20.9 Å². The average Bonchev–Trinajstić information content (AvgIpc) is 2.87. The van der Waals surface area contributed by atoms with Crippen molar-refractivity contribution in [3.05, 3.63) is 59.7 Å². The minimum Gasteiger partial charge on any atom is -0.378 e. The lowest BCUT2D eigenvalue weighted by Gasteiger charge is -2.33. The number of anilines is 1. The van der Waals surface area contributed by atoms with Gasteiger partial charge in [-0.25, -0.2) is 8.42 Å². The molecule has 0 aromatic heterocycles. The van der Waals surface area contributed by atoms with Gasteiger partial charge in [-0.2, -0.15) is 17.5 Å². The molecule has 0 radical (unpaired) electrons. The third-order valence-electron chi connectivity index (χ3n) is 5.43. The van der Waals surface area contributed by atoms with E-state index in [2.05, 4.69) is 5.32 Å². The zero-order chi connectivity index (χ0) is 26.9. The Kier molecular flexibility index (Phi) is 10.3. The molecule has 9 nitrogen and oxygen atoms in total. The maximum atomic E-state index is 12.5. The van der Waals surface area contributed by atoms with Crippen molar-refractivity contribution >= 4 is 28.0 Å². The molecular weight excluding hydrogens is 499 g/mol. The number of piperazine rings is 1. The molecule has 3 rings (SSSR count). The van der Waals surface area contributed by atoms with E-state index >= 15 is 0 Å². The Morgan fingerprint density at radius 1 is 1.03 bits per heavy atom. The standard InChI is InChI=1S/C13H16F3N3O3S.C10H14N2O/c14-13(15,16)10-1-3-11(4-2-10)23(21,22)19-7-5-18(6-8-19)12(20)9-17;1-12(2)10-5-3-9(4-6-10)7-11-8-13/h1-4H,5-9,17H2;3-6,8H,7H2,1-2H3,(H,11,13). The minimum atomic E-state index is -4.52. The van der Waals surface area contributed by atoms with Crippen molar-refractivity contribution in [2.75, 3.05) is 51.7 Å². The van der Waals surface area contributed by atoms with Gasteiger partial charge in [-0.15, -0.1) is 0 Å². The molecule has 0 saturated carbocycles. The number of carbonyl (C=O) groups excluding carboxylic acids is 2. The van der Waals surface area contributed by atoms with Crippen LogP contribution in [-0.2, 0) is 32.3 Å². The van der Waals surface area contributed by atoms with Gasteiger partial charge in [0.05, 0.1) is 17.0 Å². The average molecular weight is 530 g/mol. The molecule has 1 aliphatic rings. The highest BCUT2D eigenvalue weighted by Gasteiger charge is 2.33. The van der Waals surface area contributed by atoms with Crippen LogP contribution in [-0.4, -0.2) is 76.8 Å². The molecule has 1 saturated heterocycles. The summed E-state index contributed by atoms with van der Waals surface area (Å²) in [6.07, 6.45) is -3.81. The van der Waals surface area contributed by atoms with Crippen LogP contribution in [0.1, 0.15) is 11.1 Å². The molecule has 0 atom stereocenters. The fourth-order valence-corrected chi connectivity index (χ4v) is 4.77. The molecule has 0 bridgehead atoms. The van der Waals surface area contributed by atoms with Crippen LogP contribution in [0.15, 0.2) is 53.4 Å². The molecule has 2 aromatic rings. The molecule has 0 spiro atoms. The summed E-state index contributed by atoms with van der Waals surface area (Å²) in [6.45, 7) is 1.01. The molecule has 1 fully saturated rings. The highest BCUT2D eigenvalue weighted by atomic mass is 32.2. The van der Waals surface area contributed by atoms with Gasteiger partial charge in [0.1, 0.15) is 0 Å². The fourth-order valence-electron chi connectivity index (χ4n) is 3.34. The van der Waals surface area contributed by atoms with Crippen LogP contribution < -0.4 is 16.0 Å². The Bertz CT molecular complexity index is 1100. The SMILES string of the molecule is CN(C)c1ccc(CNC=O)cc1.NCC(=O)N1CCN(S(=O)(=O)c2ccc(C(F)(F)F)cc2)CC1. The molecule has 1 heterocycles. The molecule has 13 heteroatoms. The number of amides is 2. The van der Waals surface area contributed by atoms with Crippen molar-refractivity contribution in [1.82, 2.24) is 14.5 Å². The molecule has 2 aromatic carbocycles. The van der Waals surface area contributed by atoms with Crippen molar-refractivity contribution in [3.63, 3.8) is 0 Å². The fraction of sp³-hybridized carbons (Fsp3) is 0.391. The van der Waals surface area contributed by atoms with Crippen molar-refractivity contribution in [2.24, 2.45) is 5.73 Å². The number of sulfonamides is 1. The van der Waals surface area contributed by atoms with E-state index < -0.39 is 21.8 Å². The summed E-state index contributed by atoms with van der Waals surface area (Å²) in [7, 11) is 0.114. The number of nitrogens with two attached hydrogens (primary N) is 1. The maximum absolute atomic E-state index is 12.5. The molecule has 2 amide bonds. The zero-order valence-corrected chi connectivity index (χ0v) is 20.8.